The number of hydrogen-bond donors (Lipinski definition) is 2. The number of nitrogens with one attached hydrogen (secondary N) is 1. The normalized spacial score (nSPS) is 9.83. The molecule has 12 heavy (non-hydrogen) atoms. The molecule has 3 N–H and O–H groups in total. The molecule has 0 saturated heterocycles. The van der Waals surface area contributed by atoms with Crippen LogP contribution in [0.25, 0.3) is 0 Å². The van der Waals surface area contributed by atoms with Gasteiger partial charge in [0, 0.05) is 6.20 Å². The van der Waals surface area contributed by atoms with Crippen LogP contribution in [0, 0.1) is 0 Å². The molecule has 1 aromatic rings. The van der Waals surface area contributed by atoms with E-state index in [1.807, 2.05) is 12.3 Å². The van der Waals surface area contributed by atoms with Gasteiger partial charge < -0.3 is 5.43 Å². The smallest absolute Gasteiger partial charge is 0.139 e. The first-order valence-corrected chi connectivity index (χ1v) is 4.28. The van der Waals surface area contributed by atoms with Crippen molar-refractivity contribution in [1.29, 1.82) is 0 Å². The average molecular weight is 165 g/mol. The Morgan fingerprint density at radius 2 is 2.33 bits per heavy atom. The van der Waals surface area contributed by atoms with Crippen LogP contribution in [-0.4, -0.2) is 4.98 Å². The van der Waals surface area contributed by atoms with Gasteiger partial charge in [0.25, 0.3) is 0 Å². The van der Waals surface area contributed by atoms with Crippen LogP contribution < -0.4 is 11.3 Å². The minimum Gasteiger partial charge on any atom is -0.308 e. The maximum Gasteiger partial charge on any atom is 0.139 e. The zero-order valence-electron chi connectivity index (χ0n) is 7.38. The van der Waals surface area contributed by atoms with Crippen LogP contribution in [0.5, 0.6) is 0 Å². The van der Waals surface area contributed by atoms with Gasteiger partial charge in [-0.25, -0.2) is 10.8 Å². The number of aryl methyl sites for hydroxylation is 1. The highest BCUT2D eigenvalue weighted by Crippen LogP contribution is 2.06. The summed E-state index contributed by atoms with van der Waals surface area (Å²) in [6.07, 6.45) is 5.41. The number of unbranched alkanes of at least 4 members (excludes halogenated alkanes) is 1. The summed E-state index contributed by atoms with van der Waals surface area (Å²) in [5.41, 5.74) is 3.77. The van der Waals surface area contributed by atoms with Crippen LogP contribution in [0.3, 0.4) is 0 Å². The third kappa shape index (κ3) is 2.51. The van der Waals surface area contributed by atoms with Crippen LogP contribution in [-0.2, 0) is 6.42 Å². The van der Waals surface area contributed by atoms with Crippen LogP contribution in [0.4, 0.5) is 5.82 Å². The zero-order valence-corrected chi connectivity index (χ0v) is 7.38. The number of hydrogen-bond acceptors (Lipinski definition) is 3. The van der Waals surface area contributed by atoms with Crippen molar-refractivity contribution in [2.45, 2.75) is 26.2 Å². The average Bonchev–Trinajstić information content (AvgIpc) is 2.15. The van der Waals surface area contributed by atoms with Crippen LogP contribution in [0.1, 0.15) is 25.3 Å². The van der Waals surface area contributed by atoms with E-state index in [2.05, 4.69) is 23.4 Å². The molecule has 0 aliphatic carbocycles. The number of anilines is 1. The van der Waals surface area contributed by atoms with Crippen molar-refractivity contribution in [2.24, 2.45) is 5.84 Å². The standard InChI is InChI=1S/C9H15N3/c1-2-3-4-8-5-6-9(12-10)11-7-8/h5-7H,2-4,10H2,1H3,(H,11,12). The highest BCUT2D eigenvalue weighted by atomic mass is 15.2. The van der Waals surface area contributed by atoms with Crippen molar-refractivity contribution in [3.63, 3.8) is 0 Å². The lowest BCUT2D eigenvalue weighted by molar-refractivity contribution is 0.792. The van der Waals surface area contributed by atoms with E-state index < -0.39 is 0 Å². The van der Waals surface area contributed by atoms with E-state index >= 15 is 0 Å². The number of nitrogens with two attached hydrogens (primary N) is 1. The molecule has 0 fully saturated rings. The minimum absolute atomic E-state index is 0.718. The van der Waals surface area contributed by atoms with Crippen molar-refractivity contribution in [2.75, 3.05) is 5.43 Å². The summed E-state index contributed by atoms with van der Waals surface area (Å²) >= 11 is 0. The number of hydrazine groups is 1. The second kappa shape index (κ2) is 4.72. The summed E-state index contributed by atoms with van der Waals surface area (Å²) in [6.45, 7) is 2.18. The number of pyridine rings is 1. The molecule has 66 valence electrons. The van der Waals surface area contributed by atoms with Gasteiger partial charge in [0.2, 0.25) is 0 Å². The number of rotatable bonds is 4. The van der Waals surface area contributed by atoms with Gasteiger partial charge in [-0.1, -0.05) is 19.4 Å². The summed E-state index contributed by atoms with van der Waals surface area (Å²) in [5.74, 6) is 5.91. The monoisotopic (exact) mass is 165 g/mol. The van der Waals surface area contributed by atoms with Gasteiger partial charge in [-0.15, -0.1) is 0 Å². The Bertz CT molecular complexity index is 218. The molecule has 0 unspecified atom stereocenters. The first-order valence-electron chi connectivity index (χ1n) is 4.28. The van der Waals surface area contributed by atoms with E-state index in [1.165, 1.54) is 18.4 Å². The van der Waals surface area contributed by atoms with Crippen LogP contribution in [0.2, 0.25) is 0 Å². The first kappa shape index (κ1) is 9.00. The number of nitrogen functional groups attached to an aromatic ring is 1. The Kier molecular flexibility index (Phi) is 3.54. The third-order valence-corrected chi connectivity index (χ3v) is 1.79. The van der Waals surface area contributed by atoms with Gasteiger partial charge in [-0.3, -0.25) is 0 Å². The third-order valence-electron chi connectivity index (χ3n) is 1.79. The second-order valence-electron chi connectivity index (χ2n) is 2.80. The van der Waals surface area contributed by atoms with Crippen LogP contribution >= 0.6 is 0 Å². The van der Waals surface area contributed by atoms with Crippen molar-refractivity contribution in [3.05, 3.63) is 23.9 Å². The van der Waals surface area contributed by atoms with Gasteiger partial charge in [0.15, 0.2) is 0 Å². The molecule has 1 rings (SSSR count). The fraction of sp³-hybridized carbons (Fsp3) is 0.444. The topological polar surface area (TPSA) is 50.9 Å². The van der Waals surface area contributed by atoms with E-state index in [1.54, 1.807) is 0 Å². The quantitative estimate of drug-likeness (QED) is 0.527. The van der Waals surface area contributed by atoms with Gasteiger partial charge in [0.1, 0.15) is 5.82 Å². The molecule has 0 aliphatic heterocycles. The Hall–Kier alpha value is -1.09. The summed E-state index contributed by atoms with van der Waals surface area (Å²) in [4.78, 5) is 4.11. The van der Waals surface area contributed by atoms with E-state index in [0.717, 1.165) is 12.2 Å². The first-order chi connectivity index (χ1) is 5.86. The molecule has 0 aromatic carbocycles. The molecule has 1 heterocycles. The van der Waals surface area contributed by atoms with E-state index in [4.69, 9.17) is 5.84 Å². The molecular formula is C9H15N3. The molecule has 0 amide bonds. The predicted molar refractivity (Wildman–Crippen MR) is 50.7 cm³/mol. The lowest BCUT2D eigenvalue weighted by atomic mass is 10.1. The summed E-state index contributed by atoms with van der Waals surface area (Å²) in [6, 6.07) is 3.95. The van der Waals surface area contributed by atoms with E-state index in [9.17, 15) is 0 Å². The van der Waals surface area contributed by atoms with Crippen molar-refractivity contribution >= 4 is 5.82 Å². The van der Waals surface area contributed by atoms with Gasteiger partial charge in [-0.2, -0.15) is 0 Å². The van der Waals surface area contributed by atoms with Gasteiger partial charge in [-0.05, 0) is 24.5 Å². The highest BCUT2D eigenvalue weighted by molar-refractivity contribution is 5.33. The Balaban J connectivity index is 2.53. The SMILES string of the molecule is CCCCc1ccc(NN)nc1. The van der Waals surface area contributed by atoms with Crippen molar-refractivity contribution in [1.82, 2.24) is 4.98 Å². The fourth-order valence-corrected chi connectivity index (χ4v) is 1.04. The largest absolute Gasteiger partial charge is 0.308 e. The van der Waals surface area contributed by atoms with E-state index in [0.29, 0.717) is 0 Å². The fourth-order valence-electron chi connectivity index (χ4n) is 1.04. The second-order valence-corrected chi connectivity index (χ2v) is 2.80. The number of aromatic nitrogens is 1. The molecule has 0 radical (unpaired) electrons. The van der Waals surface area contributed by atoms with Crippen molar-refractivity contribution in [3.8, 4) is 0 Å². The molecule has 0 aliphatic rings. The Labute approximate surface area is 73.0 Å². The molecular weight excluding hydrogens is 150 g/mol. The molecule has 0 atom stereocenters. The summed E-state index contributed by atoms with van der Waals surface area (Å²) < 4.78 is 0. The van der Waals surface area contributed by atoms with Gasteiger partial charge >= 0.3 is 0 Å². The molecule has 0 bridgehead atoms. The molecule has 3 heteroatoms. The minimum atomic E-state index is 0.718. The van der Waals surface area contributed by atoms with Gasteiger partial charge in [0.05, 0.1) is 0 Å². The number of nitrogens with zero attached hydrogens (tertiary/aromatic N) is 1. The maximum atomic E-state index is 5.19. The van der Waals surface area contributed by atoms with E-state index in [-0.39, 0.29) is 0 Å². The molecule has 1 aromatic heterocycles. The predicted octanol–water partition coefficient (Wildman–Crippen LogP) is 1.71. The van der Waals surface area contributed by atoms with Crippen molar-refractivity contribution < 1.29 is 0 Å². The lowest BCUT2D eigenvalue weighted by Gasteiger charge is -2.01. The zero-order chi connectivity index (χ0) is 8.81. The lowest BCUT2D eigenvalue weighted by Crippen LogP contribution is -2.08. The Morgan fingerprint density at radius 3 is 2.83 bits per heavy atom. The highest BCUT2D eigenvalue weighted by Gasteiger charge is 1.93. The Morgan fingerprint density at radius 1 is 1.50 bits per heavy atom. The molecule has 0 spiro atoms. The van der Waals surface area contributed by atoms with Crippen LogP contribution in [0.15, 0.2) is 18.3 Å². The summed E-state index contributed by atoms with van der Waals surface area (Å²) in [5, 5.41) is 0. The molecule has 0 saturated carbocycles. The summed E-state index contributed by atoms with van der Waals surface area (Å²) in [7, 11) is 0. The maximum absolute atomic E-state index is 5.19. The molecule has 3 nitrogen and oxygen atoms in total.